The monoisotopic (exact) mass is 371 g/mol. The van der Waals surface area contributed by atoms with E-state index in [0.29, 0.717) is 21.4 Å². The van der Waals surface area contributed by atoms with Crippen molar-refractivity contribution in [1.82, 2.24) is 10.1 Å². The molecule has 4 aromatic rings. The topological polar surface area (TPSA) is 68.0 Å². The fraction of sp³-hybridized carbons (Fsp3) is 0.167. The SMILES string of the molecule is Cc1cc(C)c2c(CC(=O)Nc3nc4ccc(Cl)cc4s3)noc2c1. The van der Waals surface area contributed by atoms with E-state index in [1.54, 1.807) is 6.07 Å². The molecule has 4 rings (SSSR count). The summed E-state index contributed by atoms with van der Waals surface area (Å²) in [4.78, 5) is 16.8. The molecule has 1 amide bonds. The predicted octanol–water partition coefficient (Wildman–Crippen LogP) is 4.89. The molecular formula is C18H14ClN3O2S. The normalized spacial score (nSPS) is 11.3. The molecular weight excluding hydrogens is 358 g/mol. The summed E-state index contributed by atoms with van der Waals surface area (Å²) in [6.07, 6.45) is 0.133. The lowest BCUT2D eigenvalue weighted by molar-refractivity contribution is -0.115. The number of aromatic nitrogens is 2. The van der Waals surface area contributed by atoms with Crippen molar-refractivity contribution in [3.05, 3.63) is 52.2 Å². The number of carbonyl (C=O) groups excluding carboxylic acids is 1. The smallest absolute Gasteiger partial charge is 0.232 e. The van der Waals surface area contributed by atoms with Gasteiger partial charge < -0.3 is 9.84 Å². The van der Waals surface area contributed by atoms with Gasteiger partial charge in [0, 0.05) is 10.4 Å². The van der Waals surface area contributed by atoms with Gasteiger partial charge >= 0.3 is 0 Å². The highest BCUT2D eigenvalue weighted by molar-refractivity contribution is 7.22. The zero-order chi connectivity index (χ0) is 17.6. The van der Waals surface area contributed by atoms with Gasteiger partial charge in [0.15, 0.2) is 10.7 Å². The molecule has 5 nitrogen and oxygen atoms in total. The van der Waals surface area contributed by atoms with Crippen molar-refractivity contribution in [3.8, 4) is 0 Å². The van der Waals surface area contributed by atoms with E-state index >= 15 is 0 Å². The second-order valence-electron chi connectivity index (χ2n) is 5.94. The molecule has 2 aromatic heterocycles. The number of thiazole rings is 1. The Morgan fingerprint density at radius 2 is 2.12 bits per heavy atom. The van der Waals surface area contributed by atoms with Crippen molar-refractivity contribution in [3.63, 3.8) is 0 Å². The molecule has 0 saturated carbocycles. The highest BCUT2D eigenvalue weighted by Gasteiger charge is 2.16. The largest absolute Gasteiger partial charge is 0.356 e. The molecule has 25 heavy (non-hydrogen) atoms. The molecule has 1 N–H and O–H groups in total. The summed E-state index contributed by atoms with van der Waals surface area (Å²) in [6, 6.07) is 9.43. The van der Waals surface area contributed by atoms with Gasteiger partial charge in [-0.1, -0.05) is 34.2 Å². The van der Waals surface area contributed by atoms with Crippen molar-refractivity contribution >= 4 is 55.2 Å². The van der Waals surface area contributed by atoms with E-state index in [-0.39, 0.29) is 12.3 Å². The maximum Gasteiger partial charge on any atom is 0.232 e. The highest BCUT2D eigenvalue weighted by Crippen LogP contribution is 2.29. The number of amides is 1. The lowest BCUT2D eigenvalue weighted by Gasteiger charge is -2.01. The molecule has 0 bridgehead atoms. The van der Waals surface area contributed by atoms with Crippen LogP contribution in [-0.4, -0.2) is 16.0 Å². The number of carbonyl (C=O) groups is 1. The number of rotatable bonds is 3. The third-order valence-electron chi connectivity index (χ3n) is 3.91. The summed E-state index contributed by atoms with van der Waals surface area (Å²) < 4.78 is 6.30. The maximum atomic E-state index is 12.4. The number of hydrogen-bond donors (Lipinski definition) is 1. The van der Waals surface area contributed by atoms with Crippen LogP contribution >= 0.6 is 22.9 Å². The van der Waals surface area contributed by atoms with Crippen molar-refractivity contribution in [2.24, 2.45) is 0 Å². The minimum Gasteiger partial charge on any atom is -0.356 e. The van der Waals surface area contributed by atoms with E-state index in [0.717, 1.165) is 26.7 Å². The number of fused-ring (bicyclic) bond motifs is 2. The first-order chi connectivity index (χ1) is 12.0. The van der Waals surface area contributed by atoms with Gasteiger partial charge in [-0.2, -0.15) is 0 Å². The van der Waals surface area contributed by atoms with E-state index < -0.39 is 0 Å². The van der Waals surface area contributed by atoms with Crippen LogP contribution in [0.15, 0.2) is 34.9 Å². The van der Waals surface area contributed by atoms with E-state index in [1.165, 1.54) is 11.3 Å². The summed E-state index contributed by atoms with van der Waals surface area (Å²) in [7, 11) is 0. The molecule has 126 valence electrons. The van der Waals surface area contributed by atoms with Gasteiger partial charge in [-0.3, -0.25) is 4.79 Å². The van der Waals surface area contributed by atoms with Gasteiger partial charge in [-0.25, -0.2) is 4.98 Å². The van der Waals surface area contributed by atoms with Crippen molar-refractivity contribution in [2.45, 2.75) is 20.3 Å². The minimum atomic E-state index is -0.180. The Morgan fingerprint density at radius 3 is 2.96 bits per heavy atom. The Bertz CT molecular complexity index is 1120. The van der Waals surface area contributed by atoms with Crippen LogP contribution in [0.3, 0.4) is 0 Å². The van der Waals surface area contributed by atoms with E-state index in [9.17, 15) is 4.79 Å². The van der Waals surface area contributed by atoms with Crippen LogP contribution in [0.1, 0.15) is 16.8 Å². The van der Waals surface area contributed by atoms with Crippen LogP contribution in [0.4, 0.5) is 5.13 Å². The Labute approximate surface area is 152 Å². The molecule has 7 heteroatoms. The molecule has 0 aliphatic carbocycles. The molecule has 0 saturated heterocycles. The van der Waals surface area contributed by atoms with Crippen LogP contribution in [0.25, 0.3) is 21.2 Å². The van der Waals surface area contributed by atoms with Gasteiger partial charge in [0.2, 0.25) is 5.91 Å². The number of hydrogen-bond acceptors (Lipinski definition) is 5. The van der Waals surface area contributed by atoms with Gasteiger partial charge in [-0.05, 0) is 49.2 Å². The molecule has 0 unspecified atom stereocenters. The van der Waals surface area contributed by atoms with Crippen LogP contribution in [0.5, 0.6) is 0 Å². The van der Waals surface area contributed by atoms with E-state index in [2.05, 4.69) is 21.5 Å². The zero-order valence-corrected chi connectivity index (χ0v) is 15.2. The standard InChI is InChI=1S/C18H14ClN3O2S/c1-9-5-10(2)17-13(22-24-14(17)6-9)8-16(23)21-18-20-12-4-3-11(19)7-15(12)25-18/h3-7H,8H2,1-2H3,(H,20,21,23). The van der Waals surface area contributed by atoms with Crippen molar-refractivity contribution < 1.29 is 9.32 Å². The Morgan fingerprint density at radius 1 is 1.28 bits per heavy atom. The summed E-state index contributed by atoms with van der Waals surface area (Å²) >= 11 is 7.37. The summed E-state index contributed by atoms with van der Waals surface area (Å²) in [6.45, 7) is 3.99. The number of halogens is 1. The molecule has 0 aliphatic rings. The average molecular weight is 372 g/mol. The molecule has 0 fully saturated rings. The molecule has 2 aromatic carbocycles. The molecule has 0 atom stereocenters. The quantitative estimate of drug-likeness (QED) is 0.556. The molecule has 0 spiro atoms. The third-order valence-corrected chi connectivity index (χ3v) is 5.08. The second kappa shape index (κ2) is 6.13. The van der Waals surface area contributed by atoms with Gasteiger partial charge in [0.05, 0.1) is 16.6 Å². The summed E-state index contributed by atoms with van der Waals surface area (Å²) in [5.74, 6) is -0.180. The van der Waals surface area contributed by atoms with Crippen molar-refractivity contribution in [2.75, 3.05) is 5.32 Å². The van der Waals surface area contributed by atoms with E-state index in [1.807, 2.05) is 32.0 Å². The number of anilines is 1. The van der Waals surface area contributed by atoms with Gasteiger partial charge in [0.1, 0.15) is 5.69 Å². The summed E-state index contributed by atoms with van der Waals surface area (Å²) in [5.41, 5.74) is 4.30. The lowest BCUT2D eigenvalue weighted by atomic mass is 10.0. The first kappa shape index (κ1) is 16.1. The summed E-state index contributed by atoms with van der Waals surface area (Å²) in [5, 5.41) is 8.98. The first-order valence-electron chi connectivity index (χ1n) is 7.71. The molecule has 2 heterocycles. The van der Waals surface area contributed by atoms with Gasteiger partial charge in [-0.15, -0.1) is 0 Å². The fourth-order valence-corrected chi connectivity index (χ4v) is 4.07. The van der Waals surface area contributed by atoms with Gasteiger partial charge in [0.25, 0.3) is 0 Å². The minimum absolute atomic E-state index is 0.133. The average Bonchev–Trinajstić information content (AvgIpc) is 3.10. The van der Waals surface area contributed by atoms with Crippen molar-refractivity contribution in [1.29, 1.82) is 0 Å². The second-order valence-corrected chi connectivity index (χ2v) is 7.41. The first-order valence-corrected chi connectivity index (χ1v) is 8.90. The Balaban J connectivity index is 1.57. The maximum absolute atomic E-state index is 12.4. The molecule has 0 radical (unpaired) electrons. The van der Waals surface area contributed by atoms with Crippen LogP contribution < -0.4 is 5.32 Å². The molecule has 0 aliphatic heterocycles. The number of aryl methyl sites for hydroxylation is 2. The Kier molecular flexibility index (Phi) is 3.94. The third kappa shape index (κ3) is 3.10. The van der Waals surface area contributed by atoms with E-state index in [4.69, 9.17) is 16.1 Å². The highest BCUT2D eigenvalue weighted by atomic mass is 35.5. The fourth-order valence-electron chi connectivity index (χ4n) is 2.91. The predicted molar refractivity (Wildman–Crippen MR) is 100 cm³/mol. The number of nitrogens with zero attached hydrogens (tertiary/aromatic N) is 2. The van der Waals surface area contributed by atoms with Crippen LogP contribution in [0, 0.1) is 13.8 Å². The number of benzene rings is 2. The number of nitrogens with one attached hydrogen (secondary N) is 1. The lowest BCUT2D eigenvalue weighted by Crippen LogP contribution is -2.14. The van der Waals surface area contributed by atoms with Crippen LogP contribution in [0.2, 0.25) is 5.02 Å². The Hall–Kier alpha value is -2.44. The zero-order valence-electron chi connectivity index (χ0n) is 13.6. The van der Waals surface area contributed by atoms with Crippen LogP contribution in [-0.2, 0) is 11.2 Å².